The summed E-state index contributed by atoms with van der Waals surface area (Å²) in [5.74, 6) is 1.64. The molecule has 1 aliphatic carbocycles. The van der Waals surface area contributed by atoms with Gasteiger partial charge in [0.1, 0.15) is 11.5 Å². The van der Waals surface area contributed by atoms with Gasteiger partial charge in [-0.25, -0.2) is 0 Å². The van der Waals surface area contributed by atoms with Crippen molar-refractivity contribution in [3.05, 3.63) is 48.0 Å². The molecule has 3 rings (SSSR count). The van der Waals surface area contributed by atoms with Crippen LogP contribution in [0.4, 0.5) is 11.4 Å². The maximum atomic E-state index is 6.34. The zero-order valence-electron chi connectivity index (χ0n) is 17.4. The Labute approximate surface area is 170 Å². The SMILES string of the molecule is CCCCCCCC1(c2ccccc2Oc2ccc(N)cc2N)CCCCC1. The molecule has 3 nitrogen and oxygen atoms in total. The van der Waals surface area contributed by atoms with Gasteiger partial charge in [0, 0.05) is 11.3 Å². The highest BCUT2D eigenvalue weighted by molar-refractivity contribution is 5.61. The highest BCUT2D eigenvalue weighted by Gasteiger charge is 2.35. The second kappa shape index (κ2) is 9.86. The van der Waals surface area contributed by atoms with Crippen LogP contribution in [0.2, 0.25) is 0 Å². The van der Waals surface area contributed by atoms with Gasteiger partial charge in [-0.2, -0.15) is 0 Å². The first kappa shape index (κ1) is 20.6. The Bertz CT molecular complexity index is 750. The van der Waals surface area contributed by atoms with Crippen LogP contribution in [0.25, 0.3) is 0 Å². The van der Waals surface area contributed by atoms with Gasteiger partial charge in [-0.1, -0.05) is 76.5 Å². The van der Waals surface area contributed by atoms with E-state index in [1.54, 1.807) is 6.07 Å². The standard InChI is InChI=1S/C25H36N2O/c1-2-3-4-5-9-16-25(17-10-6-11-18-25)21-12-7-8-13-23(21)28-24-15-14-20(26)19-22(24)27/h7-8,12-15,19H,2-6,9-11,16-18,26-27H2,1H3. The number of rotatable bonds is 9. The van der Waals surface area contributed by atoms with Gasteiger partial charge in [0.25, 0.3) is 0 Å². The Kier molecular flexibility index (Phi) is 7.24. The molecule has 0 aromatic heterocycles. The summed E-state index contributed by atoms with van der Waals surface area (Å²) in [5, 5.41) is 0. The van der Waals surface area contributed by atoms with E-state index in [0.717, 1.165) is 5.75 Å². The Balaban J connectivity index is 1.84. The maximum Gasteiger partial charge on any atom is 0.150 e. The molecule has 0 aliphatic heterocycles. The first-order chi connectivity index (χ1) is 13.6. The van der Waals surface area contributed by atoms with Gasteiger partial charge in [0.2, 0.25) is 0 Å². The molecule has 0 radical (unpaired) electrons. The number of unbranched alkanes of at least 4 members (excludes halogenated alkanes) is 4. The van der Waals surface area contributed by atoms with Gasteiger partial charge in [0.05, 0.1) is 5.69 Å². The average molecular weight is 381 g/mol. The molecular formula is C25H36N2O. The molecule has 0 heterocycles. The van der Waals surface area contributed by atoms with Gasteiger partial charge >= 0.3 is 0 Å². The number of ether oxygens (including phenoxy) is 1. The van der Waals surface area contributed by atoms with Crippen LogP contribution in [0.3, 0.4) is 0 Å². The van der Waals surface area contributed by atoms with Crippen molar-refractivity contribution in [2.24, 2.45) is 0 Å². The summed E-state index contributed by atoms with van der Waals surface area (Å²) in [6.45, 7) is 2.28. The number of benzene rings is 2. The van der Waals surface area contributed by atoms with E-state index in [4.69, 9.17) is 16.2 Å². The molecule has 2 aromatic rings. The molecule has 0 spiro atoms. The molecule has 2 aromatic carbocycles. The van der Waals surface area contributed by atoms with Crippen LogP contribution in [-0.2, 0) is 5.41 Å². The molecular weight excluding hydrogens is 344 g/mol. The van der Waals surface area contributed by atoms with Crippen molar-refractivity contribution in [1.82, 2.24) is 0 Å². The van der Waals surface area contributed by atoms with Crippen LogP contribution in [0.5, 0.6) is 11.5 Å². The van der Waals surface area contributed by atoms with Crippen LogP contribution in [0, 0.1) is 0 Å². The zero-order chi connectivity index (χ0) is 19.8. The minimum atomic E-state index is 0.240. The first-order valence-electron chi connectivity index (χ1n) is 11.1. The fraction of sp³-hybridized carbons (Fsp3) is 0.520. The third-order valence-electron chi connectivity index (χ3n) is 6.28. The average Bonchev–Trinajstić information content (AvgIpc) is 2.71. The normalized spacial score (nSPS) is 16.0. The van der Waals surface area contributed by atoms with Gasteiger partial charge in [-0.3, -0.25) is 0 Å². The number of nitrogen functional groups attached to an aromatic ring is 2. The number of para-hydroxylation sites is 1. The fourth-order valence-electron chi connectivity index (χ4n) is 4.72. The van der Waals surface area contributed by atoms with Gasteiger partial charge in [-0.05, 0) is 48.9 Å². The van der Waals surface area contributed by atoms with Crippen molar-refractivity contribution in [2.45, 2.75) is 83.0 Å². The van der Waals surface area contributed by atoms with E-state index in [0.29, 0.717) is 17.1 Å². The summed E-state index contributed by atoms with van der Waals surface area (Å²) in [6, 6.07) is 14.1. The van der Waals surface area contributed by atoms with E-state index < -0.39 is 0 Å². The molecule has 0 bridgehead atoms. The quantitative estimate of drug-likeness (QED) is 0.357. The summed E-state index contributed by atoms with van der Waals surface area (Å²) in [7, 11) is 0. The van der Waals surface area contributed by atoms with Crippen molar-refractivity contribution in [2.75, 3.05) is 11.5 Å². The van der Waals surface area contributed by atoms with Crippen LogP contribution < -0.4 is 16.2 Å². The summed E-state index contributed by atoms with van der Waals surface area (Å²) in [4.78, 5) is 0. The second-order valence-corrected chi connectivity index (χ2v) is 8.40. The molecule has 152 valence electrons. The third kappa shape index (κ3) is 5.01. The maximum absolute atomic E-state index is 6.34. The Morgan fingerprint density at radius 1 is 0.857 bits per heavy atom. The van der Waals surface area contributed by atoms with Crippen molar-refractivity contribution in [1.29, 1.82) is 0 Å². The molecule has 4 N–H and O–H groups in total. The number of hydrogen-bond donors (Lipinski definition) is 2. The highest BCUT2D eigenvalue weighted by atomic mass is 16.5. The summed E-state index contributed by atoms with van der Waals surface area (Å²) >= 11 is 0. The predicted octanol–water partition coefficient (Wildman–Crippen LogP) is 7.21. The molecule has 0 atom stereocenters. The lowest BCUT2D eigenvalue weighted by Crippen LogP contribution is -2.29. The number of nitrogens with two attached hydrogens (primary N) is 2. The summed E-state index contributed by atoms with van der Waals surface area (Å²) in [5.41, 5.74) is 14.8. The molecule has 0 unspecified atom stereocenters. The summed E-state index contributed by atoms with van der Waals surface area (Å²) < 4.78 is 6.34. The van der Waals surface area contributed by atoms with Gasteiger partial charge in [-0.15, -0.1) is 0 Å². The van der Waals surface area contributed by atoms with E-state index in [9.17, 15) is 0 Å². The van der Waals surface area contributed by atoms with Crippen molar-refractivity contribution >= 4 is 11.4 Å². The molecule has 1 saturated carbocycles. The van der Waals surface area contributed by atoms with Crippen molar-refractivity contribution in [3.63, 3.8) is 0 Å². The van der Waals surface area contributed by atoms with Crippen molar-refractivity contribution < 1.29 is 4.74 Å². The lowest BCUT2D eigenvalue weighted by Gasteiger charge is -2.39. The molecule has 3 heteroatoms. The van der Waals surface area contributed by atoms with Crippen LogP contribution >= 0.6 is 0 Å². The fourth-order valence-corrected chi connectivity index (χ4v) is 4.72. The van der Waals surface area contributed by atoms with Gasteiger partial charge in [0.15, 0.2) is 0 Å². The number of anilines is 2. The molecule has 28 heavy (non-hydrogen) atoms. The molecule has 1 aliphatic rings. The highest BCUT2D eigenvalue weighted by Crippen LogP contribution is 2.47. The van der Waals surface area contributed by atoms with E-state index >= 15 is 0 Å². The smallest absolute Gasteiger partial charge is 0.150 e. The Morgan fingerprint density at radius 3 is 2.36 bits per heavy atom. The molecule has 1 fully saturated rings. The molecule has 0 saturated heterocycles. The topological polar surface area (TPSA) is 61.3 Å². The first-order valence-corrected chi connectivity index (χ1v) is 11.1. The largest absolute Gasteiger partial charge is 0.455 e. The van der Waals surface area contributed by atoms with E-state index in [1.807, 2.05) is 12.1 Å². The van der Waals surface area contributed by atoms with Crippen LogP contribution in [0.15, 0.2) is 42.5 Å². The second-order valence-electron chi connectivity index (χ2n) is 8.40. The lowest BCUT2D eigenvalue weighted by atomic mass is 9.66. The zero-order valence-corrected chi connectivity index (χ0v) is 17.4. The van der Waals surface area contributed by atoms with E-state index in [-0.39, 0.29) is 5.41 Å². The minimum absolute atomic E-state index is 0.240. The Hall–Kier alpha value is -2.16. The monoisotopic (exact) mass is 380 g/mol. The van der Waals surface area contributed by atoms with Crippen LogP contribution in [-0.4, -0.2) is 0 Å². The number of hydrogen-bond acceptors (Lipinski definition) is 3. The van der Waals surface area contributed by atoms with E-state index in [1.165, 1.54) is 76.2 Å². The Morgan fingerprint density at radius 2 is 1.61 bits per heavy atom. The van der Waals surface area contributed by atoms with Crippen LogP contribution in [0.1, 0.15) is 83.1 Å². The minimum Gasteiger partial charge on any atom is -0.455 e. The predicted molar refractivity (Wildman–Crippen MR) is 120 cm³/mol. The third-order valence-corrected chi connectivity index (χ3v) is 6.28. The lowest BCUT2D eigenvalue weighted by molar-refractivity contribution is 0.259. The van der Waals surface area contributed by atoms with Gasteiger partial charge < -0.3 is 16.2 Å². The molecule has 0 amide bonds. The van der Waals surface area contributed by atoms with Crippen molar-refractivity contribution in [3.8, 4) is 11.5 Å². The summed E-state index contributed by atoms with van der Waals surface area (Å²) in [6.07, 6.45) is 14.4. The van der Waals surface area contributed by atoms with E-state index in [2.05, 4.69) is 31.2 Å².